The highest BCUT2D eigenvalue weighted by Crippen LogP contribution is 2.38. The zero-order valence-electron chi connectivity index (χ0n) is 13.8. The van der Waals surface area contributed by atoms with E-state index in [1.165, 1.54) is 0 Å². The molecule has 0 aliphatic carbocycles. The first-order chi connectivity index (χ1) is 11.6. The van der Waals surface area contributed by atoms with Gasteiger partial charge in [0.05, 0.1) is 25.8 Å². The van der Waals surface area contributed by atoms with Gasteiger partial charge in [0.1, 0.15) is 5.75 Å². The summed E-state index contributed by atoms with van der Waals surface area (Å²) in [6, 6.07) is 10.9. The van der Waals surface area contributed by atoms with E-state index in [-0.39, 0.29) is 12.4 Å². The normalized spacial score (nSPS) is 10.2. The van der Waals surface area contributed by atoms with Gasteiger partial charge in [-0.2, -0.15) is 0 Å². The van der Waals surface area contributed by atoms with Crippen LogP contribution in [-0.2, 0) is 11.2 Å². The Balaban J connectivity index is 2.06. The first-order valence-corrected chi connectivity index (χ1v) is 8.12. The van der Waals surface area contributed by atoms with Crippen molar-refractivity contribution >= 4 is 21.9 Å². The Kier molecular flexibility index (Phi) is 6.49. The van der Waals surface area contributed by atoms with E-state index in [9.17, 15) is 4.79 Å². The molecule has 24 heavy (non-hydrogen) atoms. The largest absolute Gasteiger partial charge is 0.493 e. The molecule has 5 nitrogen and oxygen atoms in total. The molecule has 6 heteroatoms. The van der Waals surface area contributed by atoms with Crippen molar-refractivity contribution in [1.82, 2.24) is 0 Å². The second kappa shape index (κ2) is 8.59. The van der Waals surface area contributed by atoms with E-state index in [0.29, 0.717) is 29.4 Å². The fourth-order valence-electron chi connectivity index (χ4n) is 2.23. The average Bonchev–Trinajstić information content (AvgIpc) is 2.60. The summed E-state index contributed by atoms with van der Waals surface area (Å²) in [5, 5.41) is 0. The molecule has 0 atom stereocenters. The molecule has 0 saturated heterocycles. The lowest BCUT2D eigenvalue weighted by Gasteiger charge is -2.14. The van der Waals surface area contributed by atoms with Gasteiger partial charge in [0, 0.05) is 6.42 Å². The molecule has 0 radical (unpaired) electrons. The summed E-state index contributed by atoms with van der Waals surface area (Å²) in [4.78, 5) is 12.0. The molecule has 0 spiro atoms. The molecular formula is C18H19BrO5. The van der Waals surface area contributed by atoms with Gasteiger partial charge >= 0.3 is 5.97 Å². The van der Waals surface area contributed by atoms with Crippen LogP contribution in [0.5, 0.6) is 23.0 Å². The van der Waals surface area contributed by atoms with E-state index in [2.05, 4.69) is 15.9 Å². The summed E-state index contributed by atoms with van der Waals surface area (Å²) in [5.74, 6) is 1.85. The summed E-state index contributed by atoms with van der Waals surface area (Å²) in [7, 11) is 4.67. The molecule has 0 aliphatic rings. The molecule has 0 heterocycles. The van der Waals surface area contributed by atoms with Crippen LogP contribution in [-0.4, -0.2) is 27.3 Å². The lowest BCUT2D eigenvalue weighted by Crippen LogP contribution is -2.09. The van der Waals surface area contributed by atoms with E-state index >= 15 is 0 Å². The standard InChI is InChI=1S/C18H19BrO5/c1-21-15-10-12(11-16(22-2)18(15)23-3)8-9-17(20)24-14-7-5-4-6-13(14)19/h4-7,10-11H,8-9H2,1-3H3. The molecule has 0 saturated carbocycles. The van der Waals surface area contributed by atoms with Crippen LogP contribution in [0.2, 0.25) is 0 Å². The molecule has 0 N–H and O–H groups in total. The molecule has 0 amide bonds. The first kappa shape index (κ1) is 18.1. The van der Waals surface area contributed by atoms with Crippen LogP contribution in [0.4, 0.5) is 0 Å². The maximum atomic E-state index is 12.0. The van der Waals surface area contributed by atoms with Gasteiger partial charge in [-0.1, -0.05) is 12.1 Å². The van der Waals surface area contributed by atoms with Crippen LogP contribution < -0.4 is 18.9 Å². The quantitative estimate of drug-likeness (QED) is 0.524. The lowest BCUT2D eigenvalue weighted by atomic mass is 10.1. The molecule has 0 bridgehead atoms. The highest BCUT2D eigenvalue weighted by molar-refractivity contribution is 9.10. The smallest absolute Gasteiger partial charge is 0.311 e. The van der Waals surface area contributed by atoms with Gasteiger partial charge in [0.15, 0.2) is 11.5 Å². The number of esters is 1. The molecule has 0 fully saturated rings. The third kappa shape index (κ3) is 4.41. The van der Waals surface area contributed by atoms with Crippen LogP contribution in [0.3, 0.4) is 0 Å². The number of halogens is 1. The van der Waals surface area contributed by atoms with Crippen molar-refractivity contribution in [1.29, 1.82) is 0 Å². The highest BCUT2D eigenvalue weighted by Gasteiger charge is 2.14. The Bertz CT molecular complexity index is 689. The zero-order chi connectivity index (χ0) is 17.5. The topological polar surface area (TPSA) is 54.0 Å². The van der Waals surface area contributed by atoms with Gasteiger partial charge in [0.25, 0.3) is 0 Å². The fraction of sp³-hybridized carbons (Fsp3) is 0.278. The van der Waals surface area contributed by atoms with Crippen molar-refractivity contribution in [3.8, 4) is 23.0 Å². The van der Waals surface area contributed by atoms with Crippen molar-refractivity contribution < 1.29 is 23.7 Å². The maximum Gasteiger partial charge on any atom is 0.311 e. The Morgan fingerprint density at radius 3 is 2.12 bits per heavy atom. The Morgan fingerprint density at radius 1 is 0.958 bits per heavy atom. The van der Waals surface area contributed by atoms with E-state index in [1.54, 1.807) is 27.4 Å². The summed E-state index contributed by atoms with van der Waals surface area (Å²) in [6.45, 7) is 0. The summed E-state index contributed by atoms with van der Waals surface area (Å²) in [6.07, 6.45) is 0.736. The lowest BCUT2D eigenvalue weighted by molar-refractivity contribution is -0.134. The SMILES string of the molecule is COc1cc(CCC(=O)Oc2ccccc2Br)cc(OC)c1OC. The molecule has 0 unspecified atom stereocenters. The first-order valence-electron chi connectivity index (χ1n) is 7.33. The minimum Gasteiger partial charge on any atom is -0.493 e. The predicted octanol–water partition coefficient (Wildman–Crippen LogP) is 4.01. The van der Waals surface area contributed by atoms with E-state index < -0.39 is 0 Å². The summed E-state index contributed by atoms with van der Waals surface area (Å²) >= 11 is 3.35. The molecule has 0 aromatic heterocycles. The van der Waals surface area contributed by atoms with Crippen LogP contribution in [0, 0.1) is 0 Å². The third-order valence-electron chi connectivity index (χ3n) is 3.40. The van der Waals surface area contributed by atoms with Crippen LogP contribution >= 0.6 is 15.9 Å². The highest BCUT2D eigenvalue weighted by atomic mass is 79.9. The van der Waals surface area contributed by atoms with E-state index in [0.717, 1.165) is 10.0 Å². The third-order valence-corrected chi connectivity index (χ3v) is 4.06. The number of rotatable bonds is 7. The number of aryl methyl sites for hydroxylation is 1. The molecule has 0 aliphatic heterocycles. The summed E-state index contributed by atoms with van der Waals surface area (Å²) < 4.78 is 22.0. The van der Waals surface area contributed by atoms with Crippen molar-refractivity contribution in [2.75, 3.05) is 21.3 Å². The Labute approximate surface area is 149 Å². The number of benzene rings is 2. The fourth-order valence-corrected chi connectivity index (χ4v) is 2.59. The molecule has 128 valence electrons. The van der Waals surface area contributed by atoms with E-state index in [1.807, 2.05) is 30.3 Å². The zero-order valence-corrected chi connectivity index (χ0v) is 15.4. The van der Waals surface area contributed by atoms with Crippen LogP contribution in [0.1, 0.15) is 12.0 Å². The second-order valence-electron chi connectivity index (χ2n) is 4.94. The number of hydrogen-bond donors (Lipinski definition) is 0. The predicted molar refractivity (Wildman–Crippen MR) is 94.2 cm³/mol. The van der Waals surface area contributed by atoms with Gasteiger partial charge < -0.3 is 18.9 Å². The van der Waals surface area contributed by atoms with Gasteiger partial charge in [-0.3, -0.25) is 4.79 Å². The average molecular weight is 395 g/mol. The minimum atomic E-state index is -0.310. The van der Waals surface area contributed by atoms with Crippen molar-refractivity contribution in [3.05, 3.63) is 46.4 Å². The number of methoxy groups -OCH3 is 3. The number of carbonyl (C=O) groups is 1. The monoisotopic (exact) mass is 394 g/mol. The second-order valence-corrected chi connectivity index (χ2v) is 5.79. The van der Waals surface area contributed by atoms with E-state index in [4.69, 9.17) is 18.9 Å². The Morgan fingerprint density at radius 2 is 1.58 bits per heavy atom. The van der Waals surface area contributed by atoms with Crippen molar-refractivity contribution in [3.63, 3.8) is 0 Å². The van der Waals surface area contributed by atoms with Crippen molar-refractivity contribution in [2.45, 2.75) is 12.8 Å². The maximum absolute atomic E-state index is 12.0. The van der Waals surface area contributed by atoms with Crippen molar-refractivity contribution in [2.24, 2.45) is 0 Å². The minimum absolute atomic E-state index is 0.236. The number of hydrogen-bond acceptors (Lipinski definition) is 5. The van der Waals surface area contributed by atoms with Crippen LogP contribution in [0.15, 0.2) is 40.9 Å². The summed E-state index contributed by atoms with van der Waals surface area (Å²) in [5.41, 5.74) is 0.897. The van der Waals surface area contributed by atoms with Gasteiger partial charge in [0.2, 0.25) is 5.75 Å². The van der Waals surface area contributed by atoms with Gasteiger partial charge in [-0.25, -0.2) is 0 Å². The molecule has 2 rings (SSSR count). The van der Waals surface area contributed by atoms with Gasteiger partial charge in [-0.15, -0.1) is 0 Å². The number of ether oxygens (including phenoxy) is 4. The number of para-hydroxylation sites is 1. The number of carbonyl (C=O) groups excluding carboxylic acids is 1. The molecular weight excluding hydrogens is 376 g/mol. The molecule has 2 aromatic rings. The van der Waals surface area contributed by atoms with Gasteiger partial charge in [-0.05, 0) is 52.2 Å². The Hall–Kier alpha value is -2.21. The van der Waals surface area contributed by atoms with Crippen LogP contribution in [0.25, 0.3) is 0 Å². The molecule has 2 aromatic carbocycles.